The summed E-state index contributed by atoms with van der Waals surface area (Å²) < 4.78 is 5.33. The first-order valence-electron chi connectivity index (χ1n) is 10.0. The quantitative estimate of drug-likeness (QED) is 0.270. The molecule has 0 aromatic heterocycles. The molecule has 0 aliphatic carbocycles. The van der Waals surface area contributed by atoms with E-state index in [2.05, 4.69) is 10.6 Å². The fourth-order valence-electron chi connectivity index (χ4n) is 2.96. The third-order valence-corrected chi connectivity index (χ3v) is 6.01. The van der Waals surface area contributed by atoms with Gasteiger partial charge in [0, 0.05) is 27.8 Å². The summed E-state index contributed by atoms with van der Waals surface area (Å²) in [6.07, 6.45) is 1.70. The zero-order valence-electron chi connectivity index (χ0n) is 18.0. The summed E-state index contributed by atoms with van der Waals surface area (Å²) in [5.74, 6) is -1.53. The lowest BCUT2D eigenvalue weighted by molar-refractivity contribution is -0.131. The predicted octanol–water partition coefficient (Wildman–Crippen LogP) is 5.40. The zero-order chi connectivity index (χ0) is 24.5. The molecule has 9 heteroatoms. The number of nitrogens with one attached hydrogen (secondary N) is 2. The second kappa shape index (κ2) is 11.9. The lowest BCUT2D eigenvalue weighted by atomic mass is 10.1. The Bertz CT molecular complexity index is 1200. The third kappa shape index (κ3) is 7.13. The fraction of sp³-hybridized carbons (Fsp3) is 0.0800. The number of thioether (sulfide) groups is 1. The molecule has 0 saturated heterocycles. The van der Waals surface area contributed by atoms with Gasteiger partial charge in [0.05, 0.1) is 12.8 Å². The van der Waals surface area contributed by atoms with E-state index in [1.165, 1.54) is 18.9 Å². The first-order valence-corrected chi connectivity index (χ1v) is 11.3. The molecule has 0 aliphatic rings. The summed E-state index contributed by atoms with van der Waals surface area (Å²) in [5.41, 5.74) is 1.77. The molecular weight excluding hydrogens is 476 g/mol. The first kappa shape index (κ1) is 24.9. The number of aliphatic carboxylic acids is 1. The highest BCUT2D eigenvalue weighted by atomic mass is 35.5. The van der Waals surface area contributed by atoms with Gasteiger partial charge in [0.2, 0.25) is 11.8 Å². The average Bonchev–Trinajstić information content (AvgIpc) is 2.83. The molecule has 3 rings (SSSR count). The summed E-state index contributed by atoms with van der Waals surface area (Å²) in [7, 11) is 1.51. The number of carboxylic acid groups (broad SMARTS) is 1. The van der Waals surface area contributed by atoms with Crippen molar-refractivity contribution in [2.45, 2.75) is 10.1 Å². The molecule has 0 aliphatic heterocycles. The molecule has 2 amide bonds. The van der Waals surface area contributed by atoms with Crippen molar-refractivity contribution in [3.63, 3.8) is 0 Å². The van der Waals surface area contributed by atoms with Gasteiger partial charge in [-0.2, -0.15) is 0 Å². The number of halogens is 1. The highest BCUT2D eigenvalue weighted by Crippen LogP contribution is 2.38. The summed E-state index contributed by atoms with van der Waals surface area (Å²) in [5, 5.41) is 14.0. The standard InChI is InChI=1S/C25H21ClN2O5S/c1-33-21-12-7-17(26)15-20(21)28-25(32)24(16-5-3-2-4-6-16)34-19-10-8-18(9-11-19)27-22(29)13-14-23(30)31/h2-15,24H,1H3,(H,27,29)(H,28,32)(H,30,31)/b14-13+. The van der Waals surface area contributed by atoms with Crippen LogP contribution >= 0.6 is 23.4 Å². The summed E-state index contributed by atoms with van der Waals surface area (Å²) in [6, 6.07) is 21.2. The molecule has 7 nitrogen and oxygen atoms in total. The van der Waals surface area contributed by atoms with Crippen LogP contribution in [0, 0.1) is 0 Å². The number of rotatable bonds is 9. The Labute approximate surface area is 205 Å². The van der Waals surface area contributed by atoms with Crippen LogP contribution in [-0.4, -0.2) is 30.0 Å². The van der Waals surface area contributed by atoms with Crippen LogP contribution in [0.2, 0.25) is 5.02 Å². The van der Waals surface area contributed by atoms with Gasteiger partial charge in [-0.3, -0.25) is 9.59 Å². The van der Waals surface area contributed by atoms with Gasteiger partial charge >= 0.3 is 5.97 Å². The van der Waals surface area contributed by atoms with E-state index in [0.717, 1.165) is 22.6 Å². The van der Waals surface area contributed by atoms with Gasteiger partial charge < -0.3 is 20.5 Å². The smallest absolute Gasteiger partial charge is 0.328 e. The largest absolute Gasteiger partial charge is 0.495 e. The lowest BCUT2D eigenvalue weighted by Gasteiger charge is -2.18. The molecule has 0 radical (unpaired) electrons. The number of anilines is 2. The molecule has 3 aromatic rings. The van der Waals surface area contributed by atoms with E-state index in [1.807, 2.05) is 30.3 Å². The van der Waals surface area contributed by atoms with Crippen molar-refractivity contribution in [1.82, 2.24) is 0 Å². The summed E-state index contributed by atoms with van der Waals surface area (Å²) in [6.45, 7) is 0. The molecule has 0 saturated carbocycles. The van der Waals surface area contributed by atoms with Gasteiger partial charge in [-0.15, -0.1) is 11.8 Å². The van der Waals surface area contributed by atoms with E-state index in [-0.39, 0.29) is 5.91 Å². The van der Waals surface area contributed by atoms with Gasteiger partial charge in [0.1, 0.15) is 11.0 Å². The SMILES string of the molecule is COc1ccc(Cl)cc1NC(=O)C(Sc1ccc(NC(=O)/C=C/C(=O)O)cc1)c1ccccc1. The Morgan fingerprint density at radius 2 is 1.68 bits per heavy atom. The fourth-order valence-corrected chi connectivity index (χ4v) is 4.16. The molecule has 0 spiro atoms. The molecule has 3 aromatic carbocycles. The highest BCUT2D eigenvalue weighted by Gasteiger charge is 2.23. The molecule has 1 atom stereocenters. The van der Waals surface area contributed by atoms with E-state index >= 15 is 0 Å². The Hall–Kier alpha value is -3.75. The van der Waals surface area contributed by atoms with Crippen LogP contribution in [0.15, 0.2) is 89.8 Å². The second-order valence-electron chi connectivity index (χ2n) is 6.93. The van der Waals surface area contributed by atoms with Crippen LogP contribution in [0.5, 0.6) is 5.75 Å². The molecule has 0 fully saturated rings. The molecule has 174 valence electrons. The number of hydrogen-bond acceptors (Lipinski definition) is 5. The van der Waals surface area contributed by atoms with E-state index in [4.69, 9.17) is 21.4 Å². The topological polar surface area (TPSA) is 105 Å². The maximum Gasteiger partial charge on any atom is 0.328 e. The molecule has 1 unspecified atom stereocenters. The molecule has 34 heavy (non-hydrogen) atoms. The van der Waals surface area contributed by atoms with Gasteiger partial charge in [0.25, 0.3) is 0 Å². The van der Waals surface area contributed by atoms with E-state index in [0.29, 0.717) is 22.1 Å². The van der Waals surface area contributed by atoms with Crippen LogP contribution in [-0.2, 0) is 14.4 Å². The maximum absolute atomic E-state index is 13.3. The number of benzene rings is 3. The predicted molar refractivity (Wildman–Crippen MR) is 134 cm³/mol. The lowest BCUT2D eigenvalue weighted by Crippen LogP contribution is -2.19. The molecule has 0 bridgehead atoms. The minimum atomic E-state index is -1.21. The number of carbonyl (C=O) groups is 3. The van der Waals surface area contributed by atoms with Crippen molar-refractivity contribution in [1.29, 1.82) is 0 Å². The van der Waals surface area contributed by atoms with E-state index in [1.54, 1.807) is 42.5 Å². The minimum absolute atomic E-state index is 0.257. The Kier molecular flexibility index (Phi) is 8.73. The number of carbonyl (C=O) groups excluding carboxylic acids is 2. The molecule has 3 N–H and O–H groups in total. The Morgan fingerprint density at radius 1 is 0.971 bits per heavy atom. The van der Waals surface area contributed by atoms with Crippen molar-refractivity contribution in [3.05, 3.63) is 95.5 Å². The monoisotopic (exact) mass is 496 g/mol. The summed E-state index contributed by atoms with van der Waals surface area (Å²) >= 11 is 7.43. The van der Waals surface area contributed by atoms with Crippen molar-refractivity contribution in [3.8, 4) is 5.75 Å². The average molecular weight is 497 g/mol. The van der Waals surface area contributed by atoms with Gasteiger partial charge in [-0.05, 0) is 48.0 Å². The normalized spacial score (nSPS) is 11.6. The number of carboxylic acids is 1. The van der Waals surface area contributed by atoms with E-state index in [9.17, 15) is 14.4 Å². The van der Waals surface area contributed by atoms with Crippen molar-refractivity contribution in [2.75, 3.05) is 17.7 Å². The highest BCUT2D eigenvalue weighted by molar-refractivity contribution is 8.00. The second-order valence-corrected chi connectivity index (χ2v) is 8.54. The van der Waals surface area contributed by atoms with Crippen LogP contribution in [0.1, 0.15) is 10.8 Å². The van der Waals surface area contributed by atoms with Crippen molar-refractivity contribution in [2.24, 2.45) is 0 Å². The van der Waals surface area contributed by atoms with Gasteiger partial charge in [-0.1, -0.05) is 41.9 Å². The van der Waals surface area contributed by atoms with E-state index < -0.39 is 17.1 Å². The van der Waals surface area contributed by atoms with Gasteiger partial charge in [-0.25, -0.2) is 4.79 Å². The Morgan fingerprint density at radius 3 is 2.32 bits per heavy atom. The maximum atomic E-state index is 13.3. The summed E-state index contributed by atoms with van der Waals surface area (Å²) in [4.78, 5) is 36.4. The van der Waals surface area contributed by atoms with Crippen LogP contribution < -0.4 is 15.4 Å². The first-order chi connectivity index (χ1) is 16.4. The van der Waals surface area contributed by atoms with Gasteiger partial charge in [0.15, 0.2) is 0 Å². The van der Waals surface area contributed by atoms with Crippen molar-refractivity contribution < 1.29 is 24.2 Å². The Balaban J connectivity index is 1.78. The van der Waals surface area contributed by atoms with Crippen LogP contribution in [0.25, 0.3) is 0 Å². The van der Waals surface area contributed by atoms with Crippen LogP contribution in [0.4, 0.5) is 11.4 Å². The van der Waals surface area contributed by atoms with Crippen LogP contribution in [0.3, 0.4) is 0 Å². The number of ether oxygens (including phenoxy) is 1. The number of amides is 2. The number of methoxy groups -OCH3 is 1. The minimum Gasteiger partial charge on any atom is -0.495 e. The molecule has 0 heterocycles. The molecular formula is C25H21ClN2O5S. The third-order valence-electron chi connectivity index (χ3n) is 4.51. The number of hydrogen-bond donors (Lipinski definition) is 3. The zero-order valence-corrected chi connectivity index (χ0v) is 19.6. The van der Waals surface area contributed by atoms with Crippen molar-refractivity contribution >= 4 is 52.5 Å².